The number of carboxylic acids is 1. The Kier molecular flexibility index (Phi) is 5.31. The average molecular weight is 277 g/mol. The van der Waals surface area contributed by atoms with Crippen molar-refractivity contribution in [2.75, 3.05) is 13.1 Å². The van der Waals surface area contributed by atoms with Crippen LogP contribution in [0.1, 0.15) is 38.3 Å². The van der Waals surface area contributed by atoms with Gasteiger partial charge in [-0.25, -0.2) is 0 Å². The van der Waals surface area contributed by atoms with Gasteiger partial charge in [0.05, 0.1) is 5.41 Å². The quantitative estimate of drug-likeness (QED) is 0.869. The highest BCUT2D eigenvalue weighted by Crippen LogP contribution is 2.28. The minimum Gasteiger partial charge on any atom is -0.480 e. The summed E-state index contributed by atoms with van der Waals surface area (Å²) in [6, 6.07) is 7.73. The topological polar surface area (TPSA) is 57.6 Å². The van der Waals surface area contributed by atoms with E-state index in [1.807, 2.05) is 52.0 Å². The Labute approximate surface area is 120 Å². The minimum absolute atomic E-state index is 0.143. The monoisotopic (exact) mass is 277 g/mol. The molecule has 4 nitrogen and oxygen atoms in total. The molecule has 0 aliphatic heterocycles. The molecule has 1 N–H and O–H groups in total. The molecule has 1 aromatic rings. The van der Waals surface area contributed by atoms with Crippen LogP contribution in [0.4, 0.5) is 0 Å². The van der Waals surface area contributed by atoms with Gasteiger partial charge in [0.1, 0.15) is 6.54 Å². The Hall–Kier alpha value is -1.84. The molecule has 0 aliphatic carbocycles. The Balaban J connectivity index is 3.08. The molecule has 20 heavy (non-hydrogen) atoms. The van der Waals surface area contributed by atoms with E-state index in [0.29, 0.717) is 6.54 Å². The average Bonchev–Trinajstić information content (AvgIpc) is 2.37. The van der Waals surface area contributed by atoms with Crippen molar-refractivity contribution in [2.24, 2.45) is 0 Å². The van der Waals surface area contributed by atoms with Crippen molar-refractivity contribution in [3.63, 3.8) is 0 Å². The first-order chi connectivity index (χ1) is 9.30. The van der Waals surface area contributed by atoms with E-state index < -0.39 is 11.4 Å². The van der Waals surface area contributed by atoms with Crippen molar-refractivity contribution in [1.29, 1.82) is 0 Å². The molecule has 1 amide bonds. The molecule has 0 unspecified atom stereocenters. The number of nitrogens with zero attached hydrogens (tertiary/aromatic N) is 1. The van der Waals surface area contributed by atoms with Gasteiger partial charge in [0.25, 0.3) is 0 Å². The van der Waals surface area contributed by atoms with Crippen LogP contribution in [0.25, 0.3) is 0 Å². The summed E-state index contributed by atoms with van der Waals surface area (Å²) in [7, 11) is 0. The maximum Gasteiger partial charge on any atom is 0.323 e. The number of amides is 1. The van der Waals surface area contributed by atoms with Crippen LogP contribution >= 0.6 is 0 Å². The number of rotatable bonds is 6. The predicted octanol–water partition coefficient (Wildman–Crippen LogP) is 2.60. The third-order valence-electron chi connectivity index (χ3n) is 3.46. The van der Waals surface area contributed by atoms with Crippen LogP contribution in [0, 0.1) is 6.92 Å². The fraction of sp³-hybridized carbons (Fsp3) is 0.500. The summed E-state index contributed by atoms with van der Waals surface area (Å²) < 4.78 is 0. The first kappa shape index (κ1) is 16.2. The molecule has 0 atom stereocenters. The molecule has 0 heterocycles. The van der Waals surface area contributed by atoms with E-state index in [-0.39, 0.29) is 12.5 Å². The highest BCUT2D eigenvalue weighted by molar-refractivity contribution is 5.90. The van der Waals surface area contributed by atoms with Crippen molar-refractivity contribution >= 4 is 11.9 Å². The normalized spacial score (nSPS) is 11.2. The number of hydrogen-bond acceptors (Lipinski definition) is 2. The summed E-state index contributed by atoms with van der Waals surface area (Å²) >= 11 is 0. The lowest BCUT2D eigenvalue weighted by atomic mass is 9.80. The molecular weight excluding hydrogens is 254 g/mol. The van der Waals surface area contributed by atoms with Crippen LogP contribution in [0.2, 0.25) is 0 Å². The van der Waals surface area contributed by atoms with Crippen LogP contribution < -0.4 is 0 Å². The maximum atomic E-state index is 12.7. The van der Waals surface area contributed by atoms with Crippen molar-refractivity contribution in [1.82, 2.24) is 4.90 Å². The summed E-state index contributed by atoms with van der Waals surface area (Å²) in [6.45, 7) is 7.81. The largest absolute Gasteiger partial charge is 0.480 e. The molecule has 110 valence electrons. The number of hydrogen-bond donors (Lipinski definition) is 1. The molecule has 0 spiro atoms. The smallest absolute Gasteiger partial charge is 0.323 e. The molecule has 0 fully saturated rings. The SMILES string of the molecule is CCCN(CC(=O)O)C(=O)C(C)(C)c1ccccc1C. The highest BCUT2D eigenvalue weighted by atomic mass is 16.4. The number of carbonyl (C=O) groups excluding carboxylic acids is 1. The lowest BCUT2D eigenvalue weighted by molar-refractivity contribution is -0.146. The van der Waals surface area contributed by atoms with Crippen LogP contribution in [-0.2, 0) is 15.0 Å². The molecule has 1 aromatic carbocycles. The van der Waals surface area contributed by atoms with E-state index in [0.717, 1.165) is 17.5 Å². The molecule has 0 aliphatic rings. The Bertz CT molecular complexity index is 494. The summed E-state index contributed by atoms with van der Waals surface area (Å²) in [5, 5.41) is 8.96. The molecule has 0 bridgehead atoms. The van der Waals surface area contributed by atoms with E-state index in [2.05, 4.69) is 0 Å². The molecule has 0 saturated carbocycles. The standard InChI is InChI=1S/C16H23NO3/c1-5-10-17(11-14(18)19)15(20)16(3,4)13-9-7-6-8-12(13)2/h6-9H,5,10-11H2,1-4H3,(H,18,19). The second kappa shape index (κ2) is 6.55. The molecule has 4 heteroatoms. The van der Waals surface area contributed by atoms with Gasteiger partial charge in [-0.2, -0.15) is 0 Å². The number of carbonyl (C=O) groups is 2. The van der Waals surface area contributed by atoms with Gasteiger partial charge in [0.15, 0.2) is 0 Å². The number of aryl methyl sites for hydroxylation is 1. The lowest BCUT2D eigenvalue weighted by Crippen LogP contribution is -2.46. The van der Waals surface area contributed by atoms with Crippen molar-refractivity contribution < 1.29 is 14.7 Å². The first-order valence-electron chi connectivity index (χ1n) is 6.88. The van der Waals surface area contributed by atoms with Crippen LogP contribution in [0.5, 0.6) is 0 Å². The van der Waals surface area contributed by atoms with Gasteiger partial charge in [-0.15, -0.1) is 0 Å². The highest BCUT2D eigenvalue weighted by Gasteiger charge is 2.35. The minimum atomic E-state index is -0.979. The Morgan fingerprint density at radius 3 is 2.35 bits per heavy atom. The van der Waals surface area contributed by atoms with E-state index in [9.17, 15) is 9.59 Å². The number of benzene rings is 1. The Morgan fingerprint density at radius 2 is 1.85 bits per heavy atom. The molecule has 0 saturated heterocycles. The second-order valence-corrected chi connectivity index (χ2v) is 5.56. The van der Waals surface area contributed by atoms with Gasteiger partial charge in [-0.1, -0.05) is 31.2 Å². The summed E-state index contributed by atoms with van der Waals surface area (Å²) in [6.07, 6.45) is 0.739. The molecule has 0 radical (unpaired) electrons. The van der Waals surface area contributed by atoms with Gasteiger partial charge in [-0.3, -0.25) is 9.59 Å². The van der Waals surface area contributed by atoms with Gasteiger partial charge in [-0.05, 0) is 38.3 Å². The summed E-state index contributed by atoms with van der Waals surface area (Å²) in [5.41, 5.74) is 1.25. The van der Waals surface area contributed by atoms with Crippen molar-refractivity contribution in [3.05, 3.63) is 35.4 Å². The number of aliphatic carboxylic acids is 1. The van der Waals surface area contributed by atoms with E-state index in [4.69, 9.17) is 5.11 Å². The van der Waals surface area contributed by atoms with Crippen LogP contribution in [0.15, 0.2) is 24.3 Å². The molecule has 0 aromatic heterocycles. The van der Waals surface area contributed by atoms with E-state index >= 15 is 0 Å². The maximum absolute atomic E-state index is 12.7. The van der Waals surface area contributed by atoms with Gasteiger partial charge in [0.2, 0.25) is 5.91 Å². The molecular formula is C16H23NO3. The third-order valence-corrected chi connectivity index (χ3v) is 3.46. The van der Waals surface area contributed by atoms with Crippen molar-refractivity contribution in [2.45, 2.75) is 39.5 Å². The zero-order valence-corrected chi connectivity index (χ0v) is 12.6. The second-order valence-electron chi connectivity index (χ2n) is 5.56. The Morgan fingerprint density at radius 1 is 1.25 bits per heavy atom. The fourth-order valence-electron chi connectivity index (χ4n) is 2.47. The van der Waals surface area contributed by atoms with Gasteiger partial charge < -0.3 is 10.0 Å². The van der Waals surface area contributed by atoms with E-state index in [1.165, 1.54) is 4.90 Å². The summed E-state index contributed by atoms with van der Waals surface area (Å²) in [5.74, 6) is -1.12. The zero-order chi connectivity index (χ0) is 15.3. The number of carboxylic acid groups (broad SMARTS) is 1. The first-order valence-corrected chi connectivity index (χ1v) is 6.88. The lowest BCUT2D eigenvalue weighted by Gasteiger charge is -2.32. The van der Waals surface area contributed by atoms with Crippen molar-refractivity contribution in [3.8, 4) is 0 Å². The van der Waals surface area contributed by atoms with Gasteiger partial charge in [0, 0.05) is 6.54 Å². The molecule has 1 rings (SSSR count). The predicted molar refractivity (Wildman–Crippen MR) is 78.7 cm³/mol. The zero-order valence-electron chi connectivity index (χ0n) is 12.6. The van der Waals surface area contributed by atoms with Gasteiger partial charge >= 0.3 is 5.97 Å². The summed E-state index contributed by atoms with van der Waals surface area (Å²) in [4.78, 5) is 25.1. The third kappa shape index (κ3) is 3.59. The van der Waals surface area contributed by atoms with E-state index in [1.54, 1.807) is 0 Å². The van der Waals surface area contributed by atoms with Crippen LogP contribution in [0.3, 0.4) is 0 Å². The fourth-order valence-corrected chi connectivity index (χ4v) is 2.47. The van der Waals surface area contributed by atoms with Crippen LogP contribution in [-0.4, -0.2) is 35.0 Å².